The van der Waals surface area contributed by atoms with Gasteiger partial charge in [-0.3, -0.25) is 9.59 Å². The molecular formula is C56H36Cl4N6O8. The number of hydrogen-bond donors (Lipinski definition) is 4. The third-order valence-electron chi connectivity index (χ3n) is 11.4. The van der Waals surface area contributed by atoms with Crippen molar-refractivity contribution in [2.75, 3.05) is 10.6 Å². The van der Waals surface area contributed by atoms with Gasteiger partial charge in [-0.25, -0.2) is 9.59 Å². The molecule has 0 atom stereocenters. The first kappa shape index (κ1) is 50.3. The second-order valence-corrected chi connectivity index (χ2v) is 18.3. The SMILES string of the molecule is Cc1ccc(N=Nc2c(O)c(C(=O)Nc3ccc(NC(=O)c4cc5ccccc5c(N=Nc5ccc(C)c(C(=O)Oc6cc(Cl)cc(Cl)c6)c5)c4O)cc3)cc3ccccc23)cc1C(=O)Oc1cc(Cl)cc(Cl)c1. The maximum atomic E-state index is 13.8. The molecule has 0 saturated carbocycles. The number of halogens is 4. The van der Waals surface area contributed by atoms with Crippen LogP contribution in [0.5, 0.6) is 23.0 Å². The number of phenols is 2. The molecule has 4 N–H and O–H groups in total. The van der Waals surface area contributed by atoms with E-state index in [1.165, 1.54) is 60.7 Å². The topological polar surface area (TPSA) is 201 Å². The Hall–Kier alpha value is -8.66. The van der Waals surface area contributed by atoms with Gasteiger partial charge in [0, 0.05) is 42.2 Å². The second kappa shape index (κ2) is 21.6. The van der Waals surface area contributed by atoms with E-state index in [9.17, 15) is 29.4 Å². The Morgan fingerprint density at radius 3 is 1.18 bits per heavy atom. The maximum absolute atomic E-state index is 13.8. The summed E-state index contributed by atoms with van der Waals surface area (Å²) in [6.45, 7) is 3.46. The Labute approximate surface area is 441 Å². The van der Waals surface area contributed by atoms with Crippen LogP contribution in [0.15, 0.2) is 178 Å². The summed E-state index contributed by atoms with van der Waals surface area (Å²) in [7, 11) is 0. The van der Waals surface area contributed by atoms with Gasteiger partial charge in [0.15, 0.2) is 11.5 Å². The lowest BCUT2D eigenvalue weighted by Gasteiger charge is -2.13. The molecule has 0 radical (unpaired) electrons. The molecule has 9 rings (SSSR count). The van der Waals surface area contributed by atoms with Crippen molar-refractivity contribution in [1.29, 1.82) is 0 Å². The van der Waals surface area contributed by atoms with Gasteiger partial charge in [-0.15, -0.1) is 10.2 Å². The summed E-state index contributed by atoms with van der Waals surface area (Å²) in [4.78, 5) is 54.0. The van der Waals surface area contributed by atoms with E-state index < -0.39 is 35.3 Å². The molecule has 0 heterocycles. The Bertz CT molecular complexity index is 3540. The minimum Gasteiger partial charge on any atom is -0.505 e. The largest absolute Gasteiger partial charge is 0.505 e. The van der Waals surface area contributed by atoms with E-state index in [1.807, 2.05) is 0 Å². The van der Waals surface area contributed by atoms with Crippen molar-refractivity contribution in [3.63, 3.8) is 0 Å². The number of anilines is 2. The summed E-state index contributed by atoms with van der Waals surface area (Å²) in [5.74, 6) is -3.28. The highest BCUT2D eigenvalue weighted by molar-refractivity contribution is 6.35. The molecule has 0 fully saturated rings. The summed E-state index contributed by atoms with van der Waals surface area (Å²) < 4.78 is 11.0. The Kier molecular flexibility index (Phi) is 14.7. The van der Waals surface area contributed by atoms with E-state index in [1.54, 1.807) is 111 Å². The first-order valence-corrected chi connectivity index (χ1v) is 23.7. The van der Waals surface area contributed by atoms with Crippen LogP contribution in [0.4, 0.5) is 34.1 Å². The standard InChI is InChI=1S/C56H36Cl4N6O8/c1-29-11-13-39(27-45(29)55(71)73-41-23-33(57)21-34(58)24-41)63-65-49-43-9-5-3-7-31(43)19-47(51(49)67)53(69)61-37-15-17-38(18-16-37)62-54(70)48-20-32-8-4-6-10-44(32)50(52(48)68)66-64-40-14-12-30(2)46(28-40)56(72)74-42-25-35(59)22-36(60)26-42/h3-28,67-68H,1-2H3,(H,61,69)(H,62,70). The molecule has 2 amide bonds. The fourth-order valence-corrected chi connectivity index (χ4v) is 8.73. The molecule has 0 saturated heterocycles. The number of rotatable bonds is 12. The number of fused-ring (bicyclic) bond motifs is 2. The van der Waals surface area contributed by atoms with Crippen LogP contribution in [0, 0.1) is 13.8 Å². The summed E-state index contributed by atoms with van der Waals surface area (Å²) in [5.41, 5.74) is 2.57. The highest BCUT2D eigenvalue weighted by Crippen LogP contribution is 2.42. The number of hydrogen-bond acceptors (Lipinski definition) is 12. The van der Waals surface area contributed by atoms with Gasteiger partial charge in [0.05, 0.1) is 33.6 Å². The van der Waals surface area contributed by atoms with Crippen molar-refractivity contribution in [3.8, 4) is 23.0 Å². The van der Waals surface area contributed by atoms with Gasteiger partial charge in [0.2, 0.25) is 0 Å². The number of amides is 2. The third-order valence-corrected chi connectivity index (χ3v) is 12.3. The molecule has 0 aliphatic rings. The highest BCUT2D eigenvalue weighted by Gasteiger charge is 2.22. The lowest BCUT2D eigenvalue weighted by molar-refractivity contribution is 0.0724. The van der Waals surface area contributed by atoms with E-state index in [4.69, 9.17) is 55.9 Å². The predicted molar refractivity (Wildman–Crippen MR) is 287 cm³/mol. The molecule has 9 aromatic carbocycles. The highest BCUT2D eigenvalue weighted by atomic mass is 35.5. The van der Waals surface area contributed by atoms with E-state index in [-0.39, 0.29) is 56.5 Å². The first-order chi connectivity index (χ1) is 35.6. The van der Waals surface area contributed by atoms with Gasteiger partial charge in [0.1, 0.15) is 22.9 Å². The quantitative estimate of drug-likeness (QED) is 0.0526. The monoisotopic (exact) mass is 1060 g/mol. The molecule has 0 aliphatic carbocycles. The number of aryl methyl sites for hydroxylation is 2. The number of carbonyl (C=O) groups excluding carboxylic acids is 4. The van der Waals surface area contributed by atoms with E-state index in [2.05, 4.69) is 31.1 Å². The van der Waals surface area contributed by atoms with Crippen LogP contribution >= 0.6 is 46.4 Å². The summed E-state index contributed by atoms with van der Waals surface area (Å²) in [6.07, 6.45) is 0. The van der Waals surface area contributed by atoms with Crippen molar-refractivity contribution in [2.24, 2.45) is 20.5 Å². The zero-order valence-corrected chi connectivity index (χ0v) is 41.7. The zero-order valence-electron chi connectivity index (χ0n) is 38.7. The van der Waals surface area contributed by atoms with Crippen molar-refractivity contribution in [3.05, 3.63) is 211 Å². The molecule has 366 valence electrons. The van der Waals surface area contributed by atoms with Crippen LogP contribution in [0.1, 0.15) is 52.6 Å². The van der Waals surface area contributed by atoms with Gasteiger partial charge < -0.3 is 30.3 Å². The molecule has 0 aromatic heterocycles. The smallest absolute Gasteiger partial charge is 0.343 e. The van der Waals surface area contributed by atoms with Crippen LogP contribution in [0.2, 0.25) is 20.1 Å². The fraction of sp³-hybridized carbons (Fsp3) is 0.0357. The minimum absolute atomic E-state index is 0.00867. The number of carbonyl (C=O) groups is 4. The van der Waals surface area contributed by atoms with Crippen molar-refractivity contribution >= 4 is 126 Å². The van der Waals surface area contributed by atoms with Crippen molar-refractivity contribution in [2.45, 2.75) is 13.8 Å². The number of ether oxygens (including phenoxy) is 2. The van der Waals surface area contributed by atoms with Crippen LogP contribution in [-0.2, 0) is 0 Å². The maximum Gasteiger partial charge on any atom is 0.343 e. The van der Waals surface area contributed by atoms with E-state index in [0.29, 0.717) is 64.1 Å². The van der Waals surface area contributed by atoms with E-state index in [0.717, 1.165) is 0 Å². The lowest BCUT2D eigenvalue weighted by Crippen LogP contribution is -2.13. The molecule has 74 heavy (non-hydrogen) atoms. The molecule has 18 heteroatoms. The minimum atomic E-state index is -0.681. The van der Waals surface area contributed by atoms with Gasteiger partial charge in [-0.2, -0.15) is 10.2 Å². The molecule has 9 aromatic rings. The van der Waals surface area contributed by atoms with Crippen molar-refractivity contribution < 1.29 is 38.9 Å². The average Bonchev–Trinajstić information content (AvgIpc) is 3.36. The summed E-state index contributed by atoms with van der Waals surface area (Å²) >= 11 is 24.3. The number of nitrogens with one attached hydrogen (secondary N) is 2. The van der Waals surface area contributed by atoms with Gasteiger partial charge >= 0.3 is 11.9 Å². The predicted octanol–water partition coefficient (Wildman–Crippen LogP) is 16.4. The molecule has 0 spiro atoms. The fourth-order valence-electron chi connectivity index (χ4n) is 7.72. The molecule has 0 aliphatic heterocycles. The van der Waals surface area contributed by atoms with Crippen molar-refractivity contribution in [1.82, 2.24) is 0 Å². The zero-order chi connectivity index (χ0) is 52.2. The number of esters is 2. The van der Waals surface area contributed by atoms with Gasteiger partial charge in [-0.1, -0.05) is 107 Å². The third kappa shape index (κ3) is 11.3. The summed E-state index contributed by atoms with van der Waals surface area (Å²) in [5, 5.41) is 49.3. The number of nitrogens with zero attached hydrogens (tertiary/aromatic N) is 4. The Balaban J connectivity index is 0.909. The number of phenolic OH excluding ortho intramolecular Hbond substituents is 2. The number of azo groups is 2. The van der Waals surface area contributed by atoms with Gasteiger partial charge in [-0.05, 0) is 133 Å². The Morgan fingerprint density at radius 2 is 0.797 bits per heavy atom. The second-order valence-electron chi connectivity index (χ2n) is 16.6. The molecule has 0 unspecified atom stereocenters. The molecule has 0 bridgehead atoms. The molecular weight excluding hydrogens is 1030 g/mol. The number of benzene rings is 9. The van der Waals surface area contributed by atoms with Crippen LogP contribution in [-0.4, -0.2) is 34.0 Å². The first-order valence-electron chi connectivity index (χ1n) is 22.2. The average molecular weight is 1060 g/mol. The Morgan fingerprint density at radius 1 is 0.432 bits per heavy atom. The molecule has 14 nitrogen and oxygen atoms in total. The van der Waals surface area contributed by atoms with E-state index >= 15 is 0 Å². The number of aromatic hydroxyl groups is 2. The van der Waals surface area contributed by atoms with Crippen LogP contribution in [0.3, 0.4) is 0 Å². The van der Waals surface area contributed by atoms with Gasteiger partial charge in [0.25, 0.3) is 11.8 Å². The summed E-state index contributed by atoms with van der Waals surface area (Å²) in [6, 6.07) is 41.6. The normalized spacial score (nSPS) is 11.3. The lowest BCUT2D eigenvalue weighted by atomic mass is 10.0. The van der Waals surface area contributed by atoms with Crippen LogP contribution < -0.4 is 20.1 Å². The van der Waals surface area contributed by atoms with Crippen LogP contribution in [0.25, 0.3) is 21.5 Å².